The summed E-state index contributed by atoms with van der Waals surface area (Å²) in [5.41, 5.74) is 0. The van der Waals surface area contributed by atoms with Crippen LogP contribution < -0.4 is 0 Å². The van der Waals surface area contributed by atoms with E-state index in [2.05, 4.69) is 75.5 Å². The van der Waals surface area contributed by atoms with Gasteiger partial charge in [0, 0.05) is 19.3 Å². The first kappa shape index (κ1) is 71.1. The molecule has 430 valence electrons. The van der Waals surface area contributed by atoms with Gasteiger partial charge in [-0.1, -0.05) is 306 Å². The molecule has 0 rings (SSSR count). The highest BCUT2D eigenvalue weighted by Gasteiger charge is 2.19. The van der Waals surface area contributed by atoms with Gasteiger partial charge in [0.05, 0.1) is 0 Å². The van der Waals surface area contributed by atoms with Crippen molar-refractivity contribution in [3.63, 3.8) is 0 Å². The summed E-state index contributed by atoms with van der Waals surface area (Å²) < 4.78 is 16.8. The van der Waals surface area contributed by atoms with Gasteiger partial charge in [-0.25, -0.2) is 0 Å². The molecule has 0 aliphatic carbocycles. The Hall–Kier alpha value is -2.89. The number of ether oxygens (including phenoxy) is 3. The highest BCUT2D eigenvalue weighted by atomic mass is 16.6. The maximum Gasteiger partial charge on any atom is 0.306 e. The number of hydrogen-bond acceptors (Lipinski definition) is 6. The lowest BCUT2D eigenvalue weighted by atomic mass is 10.0. The van der Waals surface area contributed by atoms with Gasteiger partial charge in [-0.05, 0) is 70.6 Å². The standard InChI is InChI=1S/C68H122O6/c1-4-7-10-13-16-19-22-25-26-27-28-29-30-31-32-33-34-35-36-37-38-39-40-41-42-44-46-49-52-55-58-61-67(70)73-64-65(63-72-66(69)60-57-54-51-48-45-24-21-18-15-12-9-6-3)74-68(71)62-59-56-53-50-47-43-23-20-17-14-11-8-5-2/h8,11,17-18,20-21,43,47,53,56,65H,4-7,9-10,12-16,19,22-42,44-46,48-52,54-55,57-64H2,1-3H3/b11-8-,20-17-,21-18-,47-43-,56-53-. The molecule has 0 aromatic heterocycles. The summed E-state index contributed by atoms with van der Waals surface area (Å²) in [4.78, 5) is 38.1. The van der Waals surface area contributed by atoms with Crippen LogP contribution in [0.5, 0.6) is 0 Å². The summed E-state index contributed by atoms with van der Waals surface area (Å²) in [5.74, 6) is -0.982. The van der Waals surface area contributed by atoms with Crippen molar-refractivity contribution in [3.8, 4) is 0 Å². The van der Waals surface area contributed by atoms with Gasteiger partial charge in [-0.2, -0.15) is 0 Å². The topological polar surface area (TPSA) is 78.9 Å². The first-order valence-corrected chi connectivity index (χ1v) is 32.3. The maximum atomic E-state index is 12.8. The van der Waals surface area contributed by atoms with Crippen LogP contribution >= 0.6 is 0 Å². The van der Waals surface area contributed by atoms with E-state index in [1.54, 1.807) is 0 Å². The van der Waals surface area contributed by atoms with Crippen molar-refractivity contribution in [3.05, 3.63) is 60.8 Å². The number of carbonyl (C=O) groups excluding carboxylic acids is 3. The largest absolute Gasteiger partial charge is 0.462 e. The molecule has 6 nitrogen and oxygen atoms in total. The minimum atomic E-state index is -0.814. The lowest BCUT2D eigenvalue weighted by Gasteiger charge is -2.18. The monoisotopic (exact) mass is 1030 g/mol. The lowest BCUT2D eigenvalue weighted by Crippen LogP contribution is -2.30. The van der Waals surface area contributed by atoms with E-state index in [-0.39, 0.29) is 37.5 Å². The van der Waals surface area contributed by atoms with Gasteiger partial charge in [0.15, 0.2) is 6.10 Å². The van der Waals surface area contributed by atoms with E-state index < -0.39 is 6.10 Å². The maximum absolute atomic E-state index is 12.8. The molecule has 0 heterocycles. The lowest BCUT2D eigenvalue weighted by molar-refractivity contribution is -0.166. The second-order valence-corrected chi connectivity index (χ2v) is 21.6. The van der Waals surface area contributed by atoms with Crippen molar-refractivity contribution in [2.45, 2.75) is 341 Å². The Morgan fingerprint density at radius 1 is 0.284 bits per heavy atom. The van der Waals surface area contributed by atoms with Crippen LogP contribution in [0.25, 0.3) is 0 Å². The van der Waals surface area contributed by atoms with Gasteiger partial charge in [0.2, 0.25) is 0 Å². The Balaban J connectivity index is 4.11. The van der Waals surface area contributed by atoms with E-state index in [0.717, 1.165) is 70.6 Å². The first-order valence-electron chi connectivity index (χ1n) is 32.3. The molecule has 0 saturated carbocycles. The SMILES string of the molecule is CC/C=C\C/C=C\C/C=C\C/C=C\CCC(=O)OC(COC(=O)CCCCCCC/C=C\CCCCC)COC(=O)CCCCCCCCCCCCCCCCCCCCCCCCCCCCCCCCC. The van der Waals surface area contributed by atoms with Crippen LogP contribution in [0.4, 0.5) is 0 Å². The molecule has 1 unspecified atom stereocenters. The van der Waals surface area contributed by atoms with Crippen LogP contribution in [0.15, 0.2) is 60.8 Å². The second-order valence-electron chi connectivity index (χ2n) is 21.6. The van der Waals surface area contributed by atoms with E-state index in [0.29, 0.717) is 19.3 Å². The molecular weight excluding hydrogens is 913 g/mol. The van der Waals surface area contributed by atoms with Crippen molar-refractivity contribution in [1.29, 1.82) is 0 Å². The smallest absolute Gasteiger partial charge is 0.306 e. The fourth-order valence-electron chi connectivity index (χ4n) is 9.45. The number of hydrogen-bond donors (Lipinski definition) is 0. The Labute approximate surface area is 460 Å². The Kier molecular flexibility index (Phi) is 60.2. The molecule has 0 aromatic carbocycles. The molecule has 1 atom stereocenters. The van der Waals surface area contributed by atoms with E-state index >= 15 is 0 Å². The van der Waals surface area contributed by atoms with Crippen molar-refractivity contribution in [2.75, 3.05) is 13.2 Å². The molecule has 0 aliphatic heterocycles. The summed E-state index contributed by atoms with van der Waals surface area (Å²) in [6, 6.07) is 0. The Morgan fingerprint density at radius 3 is 0.905 bits per heavy atom. The van der Waals surface area contributed by atoms with E-state index in [4.69, 9.17) is 14.2 Å². The molecule has 0 radical (unpaired) electrons. The fourth-order valence-corrected chi connectivity index (χ4v) is 9.45. The third-order valence-corrected chi connectivity index (χ3v) is 14.3. The average molecular weight is 1040 g/mol. The van der Waals surface area contributed by atoms with Crippen LogP contribution in [0.1, 0.15) is 335 Å². The summed E-state index contributed by atoms with van der Waals surface area (Å²) in [6.07, 6.45) is 80.0. The molecule has 0 bridgehead atoms. The van der Waals surface area contributed by atoms with Crippen molar-refractivity contribution < 1.29 is 28.6 Å². The molecule has 0 amide bonds. The highest BCUT2D eigenvalue weighted by Crippen LogP contribution is 2.18. The van der Waals surface area contributed by atoms with Crippen molar-refractivity contribution in [1.82, 2.24) is 0 Å². The highest BCUT2D eigenvalue weighted by molar-refractivity contribution is 5.71. The summed E-state index contributed by atoms with van der Waals surface area (Å²) in [5, 5.41) is 0. The molecule has 0 fully saturated rings. The normalized spacial score (nSPS) is 12.4. The van der Waals surface area contributed by atoms with Crippen LogP contribution in [-0.2, 0) is 28.6 Å². The van der Waals surface area contributed by atoms with Crippen molar-refractivity contribution >= 4 is 17.9 Å². The van der Waals surface area contributed by atoms with Crippen LogP contribution in [0.2, 0.25) is 0 Å². The molecule has 74 heavy (non-hydrogen) atoms. The summed E-state index contributed by atoms with van der Waals surface area (Å²) in [6.45, 7) is 6.47. The Morgan fingerprint density at radius 2 is 0.554 bits per heavy atom. The van der Waals surface area contributed by atoms with Crippen LogP contribution in [0, 0.1) is 0 Å². The van der Waals surface area contributed by atoms with E-state index in [1.807, 2.05) is 6.08 Å². The van der Waals surface area contributed by atoms with Gasteiger partial charge in [-0.3, -0.25) is 14.4 Å². The van der Waals surface area contributed by atoms with Gasteiger partial charge >= 0.3 is 17.9 Å². The fraction of sp³-hybridized carbons (Fsp3) is 0.809. The number of unbranched alkanes of at least 4 members (excludes halogenated alkanes) is 38. The van der Waals surface area contributed by atoms with Gasteiger partial charge in [0.1, 0.15) is 13.2 Å². The first-order chi connectivity index (χ1) is 36.5. The zero-order valence-electron chi connectivity index (χ0n) is 49.4. The number of allylic oxidation sites excluding steroid dienone is 10. The number of esters is 3. The number of rotatable bonds is 59. The van der Waals surface area contributed by atoms with Crippen LogP contribution in [0.3, 0.4) is 0 Å². The molecule has 0 aliphatic rings. The minimum absolute atomic E-state index is 0.103. The molecular formula is C68H122O6. The van der Waals surface area contributed by atoms with Gasteiger partial charge in [-0.15, -0.1) is 0 Å². The predicted molar refractivity (Wildman–Crippen MR) is 321 cm³/mol. The third-order valence-electron chi connectivity index (χ3n) is 14.3. The summed E-state index contributed by atoms with van der Waals surface area (Å²) in [7, 11) is 0. The van der Waals surface area contributed by atoms with E-state index in [1.165, 1.54) is 218 Å². The quantitative estimate of drug-likeness (QED) is 0.0261. The van der Waals surface area contributed by atoms with Gasteiger partial charge in [0.25, 0.3) is 0 Å². The molecule has 6 heteroatoms. The van der Waals surface area contributed by atoms with E-state index in [9.17, 15) is 14.4 Å². The molecule has 0 aromatic rings. The van der Waals surface area contributed by atoms with Crippen molar-refractivity contribution in [2.24, 2.45) is 0 Å². The minimum Gasteiger partial charge on any atom is -0.462 e. The molecule has 0 spiro atoms. The molecule has 0 saturated heterocycles. The second kappa shape index (κ2) is 62.6. The molecule has 0 N–H and O–H groups in total. The zero-order chi connectivity index (χ0) is 53.6. The predicted octanol–water partition coefficient (Wildman–Crippen LogP) is 21.9. The average Bonchev–Trinajstić information content (AvgIpc) is 3.40. The number of carbonyl (C=O) groups is 3. The zero-order valence-corrected chi connectivity index (χ0v) is 49.4. The van der Waals surface area contributed by atoms with Crippen LogP contribution in [-0.4, -0.2) is 37.2 Å². The third kappa shape index (κ3) is 60.0. The summed E-state index contributed by atoms with van der Waals surface area (Å²) >= 11 is 0. The van der Waals surface area contributed by atoms with Gasteiger partial charge < -0.3 is 14.2 Å². The Bertz CT molecular complexity index is 1330.